The van der Waals surface area contributed by atoms with Crippen LogP contribution in [0, 0.1) is 23.7 Å². The van der Waals surface area contributed by atoms with Crippen LogP contribution in [0.15, 0.2) is 36.4 Å². The Morgan fingerprint density at radius 3 is 2.62 bits per heavy atom. The van der Waals surface area contributed by atoms with Gasteiger partial charge in [-0.3, -0.25) is 0 Å². The fourth-order valence-corrected chi connectivity index (χ4v) is 4.57. The van der Waals surface area contributed by atoms with E-state index in [0.717, 1.165) is 23.7 Å². The van der Waals surface area contributed by atoms with E-state index in [-0.39, 0.29) is 0 Å². The van der Waals surface area contributed by atoms with Crippen molar-refractivity contribution >= 4 is 5.57 Å². The molecule has 4 unspecified atom stereocenters. The van der Waals surface area contributed by atoms with Crippen molar-refractivity contribution in [2.45, 2.75) is 25.7 Å². The molecule has 2 fully saturated rings. The third-order valence-corrected chi connectivity index (χ3v) is 5.16. The van der Waals surface area contributed by atoms with Gasteiger partial charge in [-0.25, -0.2) is 0 Å². The van der Waals surface area contributed by atoms with Crippen LogP contribution in [0.1, 0.15) is 31.2 Å². The van der Waals surface area contributed by atoms with Crippen LogP contribution in [-0.2, 0) is 0 Å². The number of benzene rings is 1. The minimum absolute atomic E-state index is 0.918. The molecule has 0 radical (unpaired) electrons. The first-order valence-corrected chi connectivity index (χ1v) is 6.69. The van der Waals surface area contributed by atoms with Gasteiger partial charge in [0.15, 0.2) is 0 Å². The molecule has 0 aromatic heterocycles. The second-order valence-electron chi connectivity index (χ2n) is 5.78. The van der Waals surface area contributed by atoms with Gasteiger partial charge in [0.25, 0.3) is 0 Å². The lowest BCUT2D eigenvalue weighted by Gasteiger charge is -2.27. The fourth-order valence-electron chi connectivity index (χ4n) is 4.57. The SMILES string of the molecule is C1=C(c2ccccc2)C2C3CCC(C3)C2C1. The lowest BCUT2D eigenvalue weighted by Crippen LogP contribution is -2.18. The third-order valence-electron chi connectivity index (χ3n) is 5.16. The van der Waals surface area contributed by atoms with Gasteiger partial charge in [0.2, 0.25) is 0 Å². The molecular formula is C16H18. The number of hydrogen-bond acceptors (Lipinski definition) is 0. The molecule has 0 aliphatic heterocycles. The van der Waals surface area contributed by atoms with Crippen molar-refractivity contribution in [2.75, 3.05) is 0 Å². The molecule has 0 heterocycles. The van der Waals surface area contributed by atoms with Crippen LogP contribution in [0.4, 0.5) is 0 Å². The summed E-state index contributed by atoms with van der Waals surface area (Å²) in [7, 11) is 0. The van der Waals surface area contributed by atoms with Crippen LogP contribution in [0.25, 0.3) is 5.57 Å². The highest BCUT2D eigenvalue weighted by atomic mass is 14.5. The zero-order chi connectivity index (χ0) is 10.5. The van der Waals surface area contributed by atoms with Gasteiger partial charge >= 0.3 is 0 Å². The van der Waals surface area contributed by atoms with Gasteiger partial charge in [-0.05, 0) is 60.5 Å². The maximum absolute atomic E-state index is 2.54. The van der Waals surface area contributed by atoms with Crippen molar-refractivity contribution < 1.29 is 0 Å². The molecule has 4 rings (SSSR count). The van der Waals surface area contributed by atoms with Crippen LogP contribution >= 0.6 is 0 Å². The summed E-state index contributed by atoms with van der Waals surface area (Å²) < 4.78 is 0. The molecule has 1 aromatic rings. The molecule has 4 atom stereocenters. The van der Waals surface area contributed by atoms with Gasteiger partial charge in [-0.2, -0.15) is 0 Å². The smallest absolute Gasteiger partial charge is 0.00968 e. The number of fused-ring (bicyclic) bond motifs is 5. The van der Waals surface area contributed by atoms with Crippen molar-refractivity contribution in [1.82, 2.24) is 0 Å². The number of hydrogen-bond donors (Lipinski definition) is 0. The average Bonchev–Trinajstić information content (AvgIpc) is 3.03. The number of rotatable bonds is 1. The first-order valence-electron chi connectivity index (χ1n) is 6.69. The molecule has 16 heavy (non-hydrogen) atoms. The van der Waals surface area contributed by atoms with E-state index in [1.54, 1.807) is 5.57 Å². The highest BCUT2D eigenvalue weighted by molar-refractivity contribution is 5.70. The molecule has 0 amide bonds. The van der Waals surface area contributed by atoms with Gasteiger partial charge < -0.3 is 0 Å². The van der Waals surface area contributed by atoms with Gasteiger partial charge in [-0.15, -0.1) is 0 Å². The predicted octanol–water partition coefficient (Wildman–Crippen LogP) is 4.14. The fraction of sp³-hybridized carbons (Fsp3) is 0.500. The second-order valence-corrected chi connectivity index (χ2v) is 5.78. The van der Waals surface area contributed by atoms with Crippen LogP contribution in [0.5, 0.6) is 0 Å². The van der Waals surface area contributed by atoms with Gasteiger partial charge in [0.05, 0.1) is 0 Å². The molecule has 2 saturated carbocycles. The normalized spacial score (nSPS) is 39.9. The van der Waals surface area contributed by atoms with E-state index >= 15 is 0 Å². The van der Waals surface area contributed by atoms with Gasteiger partial charge in [0, 0.05) is 0 Å². The number of allylic oxidation sites excluding steroid dienone is 2. The molecule has 0 heteroatoms. The summed E-state index contributed by atoms with van der Waals surface area (Å²) >= 11 is 0. The summed E-state index contributed by atoms with van der Waals surface area (Å²) in [5.74, 6) is 4.01. The summed E-state index contributed by atoms with van der Waals surface area (Å²) in [5.41, 5.74) is 3.17. The topological polar surface area (TPSA) is 0 Å². The van der Waals surface area contributed by atoms with E-state index in [1.807, 2.05) is 0 Å². The Balaban J connectivity index is 1.72. The van der Waals surface area contributed by atoms with Crippen molar-refractivity contribution in [1.29, 1.82) is 0 Å². The minimum Gasteiger partial charge on any atom is -0.0801 e. The first kappa shape index (κ1) is 9.04. The quantitative estimate of drug-likeness (QED) is 0.653. The van der Waals surface area contributed by atoms with Crippen LogP contribution in [0.3, 0.4) is 0 Å². The van der Waals surface area contributed by atoms with E-state index in [0.29, 0.717) is 0 Å². The van der Waals surface area contributed by atoms with Crippen molar-refractivity contribution in [2.24, 2.45) is 23.7 Å². The molecule has 3 aliphatic rings. The van der Waals surface area contributed by atoms with E-state index in [1.165, 1.54) is 31.2 Å². The van der Waals surface area contributed by atoms with Crippen LogP contribution in [-0.4, -0.2) is 0 Å². The molecule has 0 spiro atoms. The van der Waals surface area contributed by atoms with E-state index in [2.05, 4.69) is 36.4 Å². The van der Waals surface area contributed by atoms with Crippen molar-refractivity contribution in [3.05, 3.63) is 42.0 Å². The molecular weight excluding hydrogens is 192 g/mol. The maximum atomic E-state index is 2.54. The molecule has 0 saturated heterocycles. The summed E-state index contributed by atoms with van der Waals surface area (Å²) in [4.78, 5) is 0. The largest absolute Gasteiger partial charge is 0.0801 e. The molecule has 0 N–H and O–H groups in total. The Morgan fingerprint density at radius 1 is 0.938 bits per heavy atom. The van der Waals surface area contributed by atoms with E-state index in [9.17, 15) is 0 Å². The maximum Gasteiger partial charge on any atom is -0.00968 e. The highest BCUT2D eigenvalue weighted by Gasteiger charge is 2.50. The Labute approximate surface area is 97.4 Å². The molecule has 82 valence electrons. The Morgan fingerprint density at radius 2 is 1.75 bits per heavy atom. The predicted molar refractivity (Wildman–Crippen MR) is 66.8 cm³/mol. The van der Waals surface area contributed by atoms with E-state index < -0.39 is 0 Å². The standard InChI is InChI=1S/C16H18/c1-2-4-11(5-3-1)14-8-9-15-12-6-7-13(10-12)16(14)15/h1-5,8,12-13,15-16H,6-7,9-10H2. The van der Waals surface area contributed by atoms with Gasteiger partial charge in [0.1, 0.15) is 0 Å². The zero-order valence-corrected chi connectivity index (χ0v) is 9.60. The highest BCUT2D eigenvalue weighted by Crippen LogP contribution is 2.60. The molecule has 2 bridgehead atoms. The lowest BCUT2D eigenvalue weighted by atomic mass is 9.77. The third kappa shape index (κ3) is 1.10. The average molecular weight is 210 g/mol. The Bertz CT molecular complexity index is 429. The molecule has 1 aromatic carbocycles. The Hall–Kier alpha value is -1.04. The van der Waals surface area contributed by atoms with E-state index in [4.69, 9.17) is 0 Å². The minimum atomic E-state index is 0.918. The molecule has 3 aliphatic carbocycles. The summed E-state index contributed by atoms with van der Waals surface area (Å²) in [6, 6.07) is 11.1. The lowest BCUT2D eigenvalue weighted by molar-refractivity contribution is 0.291. The summed E-state index contributed by atoms with van der Waals surface area (Å²) in [6.45, 7) is 0. The summed E-state index contributed by atoms with van der Waals surface area (Å²) in [6.07, 6.45) is 8.43. The first-order chi connectivity index (χ1) is 7.93. The zero-order valence-electron chi connectivity index (χ0n) is 9.60. The monoisotopic (exact) mass is 210 g/mol. The van der Waals surface area contributed by atoms with Crippen LogP contribution in [0.2, 0.25) is 0 Å². The van der Waals surface area contributed by atoms with Crippen LogP contribution < -0.4 is 0 Å². The molecule has 0 nitrogen and oxygen atoms in total. The second kappa shape index (κ2) is 3.23. The Kier molecular flexibility index (Phi) is 1.82. The summed E-state index contributed by atoms with van der Waals surface area (Å²) in [5, 5.41) is 0. The van der Waals surface area contributed by atoms with Gasteiger partial charge in [-0.1, -0.05) is 36.4 Å². The van der Waals surface area contributed by atoms with Crippen molar-refractivity contribution in [3.8, 4) is 0 Å². The van der Waals surface area contributed by atoms with Crippen molar-refractivity contribution in [3.63, 3.8) is 0 Å².